The van der Waals surface area contributed by atoms with Crippen LogP contribution in [0.1, 0.15) is 15.9 Å². The second-order valence-electron chi connectivity index (χ2n) is 7.56. The van der Waals surface area contributed by atoms with Gasteiger partial charge in [-0.15, -0.1) is 0 Å². The Balaban J connectivity index is 1.98. The van der Waals surface area contributed by atoms with Crippen molar-refractivity contribution in [2.75, 3.05) is 5.75 Å². The van der Waals surface area contributed by atoms with Crippen LogP contribution in [-0.4, -0.2) is 32.3 Å². The van der Waals surface area contributed by atoms with Crippen molar-refractivity contribution in [3.63, 3.8) is 0 Å². The number of aromatic carboxylic acids is 1. The smallest absolute Gasteiger partial charge is 0.336 e. The fourth-order valence-corrected chi connectivity index (χ4v) is 6.57. The number of nitrogens with one attached hydrogen (secondary N) is 1. The number of carboxylic acids is 1. The zero-order valence-electron chi connectivity index (χ0n) is 17.3. The molecule has 34 heavy (non-hydrogen) atoms. The lowest BCUT2D eigenvalue weighted by atomic mass is 10.0. The predicted molar refractivity (Wildman–Crippen MR) is 138 cm³/mol. The molecule has 1 fully saturated rings. The quantitative estimate of drug-likeness (QED) is 0.349. The predicted octanol–water partition coefficient (Wildman–Crippen LogP) is 4.81. The van der Waals surface area contributed by atoms with Gasteiger partial charge >= 0.3 is 5.97 Å². The molecule has 1 saturated heterocycles. The number of carbonyl (C=O) groups is 2. The fourth-order valence-electron chi connectivity index (χ4n) is 4.05. The summed E-state index contributed by atoms with van der Waals surface area (Å²) in [6.07, 6.45) is 0. The zero-order valence-corrected chi connectivity index (χ0v) is 21.3. The van der Waals surface area contributed by atoms with Crippen LogP contribution in [0.4, 0.5) is 0 Å². The van der Waals surface area contributed by atoms with Crippen molar-refractivity contribution in [3.8, 4) is 11.4 Å². The molecule has 170 valence electrons. The van der Waals surface area contributed by atoms with E-state index in [2.05, 4.69) is 37.2 Å². The van der Waals surface area contributed by atoms with Gasteiger partial charge in [0.2, 0.25) is 5.91 Å². The summed E-state index contributed by atoms with van der Waals surface area (Å²) in [6.45, 7) is 0. The molecule has 7 nitrogen and oxygen atoms in total. The first-order valence-electron chi connectivity index (χ1n) is 10.1. The van der Waals surface area contributed by atoms with E-state index in [9.17, 15) is 19.5 Å². The van der Waals surface area contributed by atoms with Crippen molar-refractivity contribution in [1.29, 1.82) is 0 Å². The maximum Gasteiger partial charge on any atom is 0.336 e. The Morgan fingerprint density at radius 3 is 2.44 bits per heavy atom. The maximum absolute atomic E-state index is 14.1. The fraction of sp³-hybridized carbons (Fsp3) is 0.0833. The van der Waals surface area contributed by atoms with Crippen molar-refractivity contribution in [2.45, 2.75) is 4.99 Å². The summed E-state index contributed by atoms with van der Waals surface area (Å²) >= 11 is 8.16. The van der Waals surface area contributed by atoms with Crippen LogP contribution in [0.5, 0.6) is 0 Å². The highest BCUT2D eigenvalue weighted by Gasteiger charge is 2.45. The second kappa shape index (κ2) is 8.68. The van der Waals surface area contributed by atoms with Crippen LogP contribution in [0.2, 0.25) is 0 Å². The Morgan fingerprint density at radius 2 is 1.76 bits per heavy atom. The van der Waals surface area contributed by atoms with Gasteiger partial charge < -0.3 is 10.4 Å². The molecule has 0 bridgehead atoms. The van der Waals surface area contributed by atoms with E-state index in [0.717, 1.165) is 0 Å². The highest BCUT2D eigenvalue weighted by Crippen LogP contribution is 2.42. The van der Waals surface area contributed by atoms with Crippen molar-refractivity contribution >= 4 is 66.4 Å². The van der Waals surface area contributed by atoms with Gasteiger partial charge in [0.25, 0.3) is 5.56 Å². The molecule has 10 heteroatoms. The van der Waals surface area contributed by atoms with Crippen molar-refractivity contribution in [3.05, 3.63) is 97.2 Å². The Hall–Kier alpha value is -2.95. The lowest BCUT2D eigenvalue weighted by molar-refractivity contribution is -0.119. The highest BCUT2D eigenvalue weighted by molar-refractivity contribution is 9.11. The number of hydrogen-bond acceptors (Lipinski definition) is 5. The molecule has 0 radical (unpaired) electrons. The largest absolute Gasteiger partial charge is 0.478 e. The number of thioether (sulfide) groups is 1. The maximum atomic E-state index is 14.1. The zero-order chi connectivity index (χ0) is 24.0. The summed E-state index contributed by atoms with van der Waals surface area (Å²) in [5.74, 6) is -1.13. The van der Waals surface area contributed by atoms with Crippen LogP contribution in [0.25, 0.3) is 22.3 Å². The van der Waals surface area contributed by atoms with E-state index in [4.69, 9.17) is 4.98 Å². The number of hydrogen-bond donors (Lipinski definition) is 2. The Bertz CT molecular complexity index is 1540. The van der Waals surface area contributed by atoms with Gasteiger partial charge in [-0.25, -0.2) is 9.78 Å². The standard InChI is InChI=1S/C24H15Br2N3O4S/c25-14-10-17-20(18(26)11-14)27-21(15-8-4-5-9-16(15)23(32)33)29(22(17)31)24(28-19(30)12-34-24)13-6-2-1-3-7-13/h1-11H,12H2,(H,28,30)(H,32,33). The SMILES string of the molecule is O=C1CSC(c2ccccc2)(n2c(-c3ccccc3C(=O)O)nc3c(Br)cc(Br)cc3c2=O)N1. The molecular formula is C24H15Br2N3O4S. The van der Waals surface area contributed by atoms with Crippen LogP contribution >= 0.6 is 43.6 Å². The van der Waals surface area contributed by atoms with E-state index in [1.807, 2.05) is 30.3 Å². The van der Waals surface area contributed by atoms with Crippen LogP contribution < -0.4 is 10.9 Å². The third-order valence-electron chi connectivity index (χ3n) is 5.49. The number of fused-ring (bicyclic) bond motifs is 1. The lowest BCUT2D eigenvalue weighted by Gasteiger charge is -2.33. The molecule has 2 N–H and O–H groups in total. The number of rotatable bonds is 4. The Morgan fingerprint density at radius 1 is 1.06 bits per heavy atom. The molecule has 2 heterocycles. The molecule has 1 unspecified atom stereocenters. The normalized spacial score (nSPS) is 17.6. The third-order valence-corrected chi connectivity index (χ3v) is 7.90. The third kappa shape index (κ3) is 3.66. The van der Waals surface area contributed by atoms with E-state index in [1.165, 1.54) is 22.4 Å². The minimum absolute atomic E-state index is 0.00623. The molecule has 1 amide bonds. The Labute approximate surface area is 214 Å². The molecule has 5 rings (SSSR count). The molecule has 1 aliphatic rings. The number of carbonyl (C=O) groups excluding carboxylic acids is 1. The lowest BCUT2D eigenvalue weighted by Crippen LogP contribution is -2.49. The summed E-state index contributed by atoms with van der Waals surface area (Å²) in [5, 5.41) is 13.2. The molecule has 3 aromatic carbocycles. The monoisotopic (exact) mass is 599 g/mol. The molecule has 1 atom stereocenters. The van der Waals surface area contributed by atoms with Gasteiger partial charge in [-0.3, -0.25) is 14.2 Å². The molecule has 0 saturated carbocycles. The van der Waals surface area contributed by atoms with Gasteiger partial charge in [-0.2, -0.15) is 0 Å². The van der Waals surface area contributed by atoms with Crippen LogP contribution in [0.3, 0.4) is 0 Å². The van der Waals surface area contributed by atoms with E-state index < -0.39 is 16.5 Å². The summed E-state index contributed by atoms with van der Waals surface area (Å²) in [7, 11) is 0. The van der Waals surface area contributed by atoms with Gasteiger partial charge in [0.05, 0.1) is 22.2 Å². The van der Waals surface area contributed by atoms with Crippen LogP contribution in [-0.2, 0) is 9.79 Å². The van der Waals surface area contributed by atoms with E-state index in [1.54, 1.807) is 30.3 Å². The number of benzene rings is 3. The first-order valence-corrected chi connectivity index (χ1v) is 12.6. The van der Waals surface area contributed by atoms with Crippen molar-refractivity contribution in [2.24, 2.45) is 0 Å². The molecular weight excluding hydrogens is 586 g/mol. The minimum atomic E-state index is -1.31. The number of halogens is 2. The first-order chi connectivity index (χ1) is 16.3. The molecule has 1 aromatic heterocycles. The van der Waals surface area contributed by atoms with E-state index >= 15 is 0 Å². The first kappa shape index (κ1) is 22.8. The summed E-state index contributed by atoms with van der Waals surface area (Å²) in [6, 6.07) is 18.9. The highest BCUT2D eigenvalue weighted by atomic mass is 79.9. The van der Waals surface area contributed by atoms with Crippen molar-refractivity contribution < 1.29 is 14.7 Å². The van der Waals surface area contributed by atoms with Crippen LogP contribution in [0, 0.1) is 0 Å². The molecule has 4 aromatic rings. The van der Waals surface area contributed by atoms with Gasteiger partial charge in [0, 0.05) is 20.1 Å². The average Bonchev–Trinajstić information content (AvgIpc) is 3.22. The number of carboxylic acid groups (broad SMARTS) is 1. The second-order valence-corrected chi connectivity index (χ2v) is 10.5. The van der Waals surface area contributed by atoms with Crippen LogP contribution in [0.15, 0.2) is 80.5 Å². The molecule has 0 spiro atoms. The van der Waals surface area contributed by atoms with Gasteiger partial charge in [0.1, 0.15) is 5.82 Å². The van der Waals surface area contributed by atoms with E-state index in [0.29, 0.717) is 25.4 Å². The number of aromatic nitrogens is 2. The summed E-state index contributed by atoms with van der Waals surface area (Å²) in [4.78, 5) is 42.3. The topological polar surface area (TPSA) is 101 Å². The number of nitrogens with zero attached hydrogens (tertiary/aromatic N) is 2. The number of amides is 1. The summed E-state index contributed by atoms with van der Waals surface area (Å²) < 4.78 is 2.65. The van der Waals surface area contributed by atoms with Gasteiger partial charge in [-0.05, 0) is 34.1 Å². The average molecular weight is 601 g/mol. The van der Waals surface area contributed by atoms with Gasteiger partial charge in [-0.1, -0.05) is 76.2 Å². The van der Waals surface area contributed by atoms with E-state index in [-0.39, 0.29) is 28.6 Å². The molecule has 1 aliphatic heterocycles. The molecule has 0 aliphatic carbocycles. The minimum Gasteiger partial charge on any atom is -0.478 e. The Kier molecular flexibility index (Phi) is 5.83. The van der Waals surface area contributed by atoms with Gasteiger partial charge in [0.15, 0.2) is 4.99 Å². The summed E-state index contributed by atoms with van der Waals surface area (Å²) in [5.41, 5.74) is 0.893. The van der Waals surface area contributed by atoms with Crippen molar-refractivity contribution in [1.82, 2.24) is 14.9 Å².